The van der Waals surface area contributed by atoms with Crippen molar-refractivity contribution in [3.63, 3.8) is 0 Å². The Morgan fingerprint density at radius 3 is 2.88 bits per heavy atom. The molecule has 0 aliphatic heterocycles. The summed E-state index contributed by atoms with van der Waals surface area (Å²) in [5, 5.41) is 9.28. The molecular formula is C15H22O2. The fourth-order valence-electron chi connectivity index (χ4n) is 3.00. The average Bonchev–Trinajstić information content (AvgIpc) is 2.50. The van der Waals surface area contributed by atoms with Crippen molar-refractivity contribution in [1.29, 1.82) is 0 Å². The van der Waals surface area contributed by atoms with Gasteiger partial charge in [-0.1, -0.05) is 25.5 Å². The summed E-state index contributed by atoms with van der Waals surface area (Å²) >= 11 is 0. The van der Waals surface area contributed by atoms with Crippen molar-refractivity contribution in [2.75, 3.05) is 6.61 Å². The normalized spacial score (nSPS) is 31.1. The summed E-state index contributed by atoms with van der Waals surface area (Å²) in [6, 6.07) is 0. The van der Waals surface area contributed by atoms with Gasteiger partial charge in [-0.15, -0.1) is 0 Å². The van der Waals surface area contributed by atoms with Gasteiger partial charge in [-0.05, 0) is 42.7 Å². The third kappa shape index (κ3) is 2.23. The maximum absolute atomic E-state index is 11.8. The van der Waals surface area contributed by atoms with E-state index >= 15 is 0 Å². The Kier molecular flexibility index (Phi) is 3.53. The summed E-state index contributed by atoms with van der Waals surface area (Å²) < 4.78 is 0. The molecule has 0 heterocycles. The van der Waals surface area contributed by atoms with Gasteiger partial charge < -0.3 is 5.11 Å². The summed E-state index contributed by atoms with van der Waals surface area (Å²) in [6.45, 7) is 6.46. The first-order valence-corrected chi connectivity index (χ1v) is 6.59. The molecule has 0 saturated heterocycles. The molecule has 2 heteroatoms. The minimum absolute atomic E-state index is 0.200. The molecule has 94 valence electrons. The van der Waals surface area contributed by atoms with Crippen LogP contribution in [0.2, 0.25) is 0 Å². The van der Waals surface area contributed by atoms with Crippen molar-refractivity contribution >= 4 is 5.78 Å². The second kappa shape index (κ2) is 4.77. The predicted molar refractivity (Wildman–Crippen MR) is 68.5 cm³/mol. The van der Waals surface area contributed by atoms with Crippen LogP contribution in [0.15, 0.2) is 22.8 Å². The molecule has 2 aliphatic rings. The number of hydrogen-bond donors (Lipinski definition) is 1. The zero-order valence-electron chi connectivity index (χ0n) is 11.0. The molecule has 0 saturated carbocycles. The quantitative estimate of drug-likeness (QED) is 0.797. The van der Waals surface area contributed by atoms with Gasteiger partial charge in [-0.2, -0.15) is 0 Å². The summed E-state index contributed by atoms with van der Waals surface area (Å²) in [4.78, 5) is 11.8. The van der Waals surface area contributed by atoms with E-state index in [2.05, 4.69) is 19.9 Å². The highest BCUT2D eigenvalue weighted by atomic mass is 16.3. The van der Waals surface area contributed by atoms with Crippen LogP contribution in [0.4, 0.5) is 0 Å². The lowest BCUT2D eigenvalue weighted by molar-refractivity contribution is -0.115. The first kappa shape index (κ1) is 12.6. The molecule has 0 bridgehead atoms. The molecule has 0 fully saturated rings. The minimum atomic E-state index is 0.200. The SMILES string of the molecule is CC1=C2C=C(C(C)CO)CCC(C)C2CC1=O. The Bertz CT molecular complexity index is 390. The molecule has 2 nitrogen and oxygen atoms in total. The lowest BCUT2D eigenvalue weighted by Gasteiger charge is -2.17. The van der Waals surface area contributed by atoms with E-state index in [4.69, 9.17) is 0 Å². The molecular weight excluding hydrogens is 212 g/mol. The van der Waals surface area contributed by atoms with E-state index in [9.17, 15) is 9.90 Å². The van der Waals surface area contributed by atoms with Crippen molar-refractivity contribution in [3.8, 4) is 0 Å². The average molecular weight is 234 g/mol. The zero-order valence-corrected chi connectivity index (χ0v) is 11.0. The second-order valence-corrected chi connectivity index (χ2v) is 5.63. The molecule has 0 radical (unpaired) electrons. The standard InChI is InChI=1S/C15H22O2/c1-9-4-5-12(10(2)8-16)6-14-11(3)15(17)7-13(9)14/h6,9-10,13,16H,4-5,7-8H2,1-3H3. The van der Waals surface area contributed by atoms with Crippen LogP contribution in [-0.4, -0.2) is 17.5 Å². The van der Waals surface area contributed by atoms with Crippen molar-refractivity contribution in [2.45, 2.75) is 40.0 Å². The van der Waals surface area contributed by atoms with Gasteiger partial charge in [0.05, 0.1) is 0 Å². The highest BCUT2D eigenvalue weighted by Crippen LogP contribution is 2.41. The number of carbonyl (C=O) groups is 1. The van der Waals surface area contributed by atoms with E-state index in [-0.39, 0.29) is 12.5 Å². The Hall–Kier alpha value is -0.890. The van der Waals surface area contributed by atoms with E-state index in [1.54, 1.807) is 0 Å². The Labute approximate surface area is 103 Å². The number of carbonyl (C=O) groups excluding carboxylic acids is 1. The summed E-state index contributed by atoms with van der Waals surface area (Å²) in [7, 11) is 0. The number of aliphatic hydroxyl groups excluding tert-OH is 1. The van der Waals surface area contributed by atoms with Gasteiger partial charge in [-0.3, -0.25) is 4.79 Å². The Morgan fingerprint density at radius 2 is 2.24 bits per heavy atom. The van der Waals surface area contributed by atoms with Crippen LogP contribution >= 0.6 is 0 Å². The van der Waals surface area contributed by atoms with Crippen molar-refractivity contribution < 1.29 is 9.90 Å². The van der Waals surface area contributed by atoms with Crippen LogP contribution in [0.3, 0.4) is 0 Å². The summed E-state index contributed by atoms with van der Waals surface area (Å²) in [5.74, 6) is 1.53. The molecule has 2 rings (SSSR count). The fraction of sp³-hybridized carbons (Fsp3) is 0.667. The fourth-order valence-corrected chi connectivity index (χ4v) is 3.00. The Morgan fingerprint density at radius 1 is 1.53 bits per heavy atom. The van der Waals surface area contributed by atoms with Gasteiger partial charge in [0.15, 0.2) is 5.78 Å². The van der Waals surface area contributed by atoms with E-state index in [0.717, 1.165) is 18.4 Å². The molecule has 1 N–H and O–H groups in total. The van der Waals surface area contributed by atoms with Crippen LogP contribution in [0.1, 0.15) is 40.0 Å². The second-order valence-electron chi connectivity index (χ2n) is 5.63. The van der Waals surface area contributed by atoms with Gasteiger partial charge in [-0.25, -0.2) is 0 Å². The van der Waals surface area contributed by atoms with Crippen LogP contribution < -0.4 is 0 Å². The molecule has 3 unspecified atom stereocenters. The molecule has 17 heavy (non-hydrogen) atoms. The number of Topliss-reactive ketones (excluding diaryl/α,β-unsaturated/α-hetero) is 1. The Balaban J connectivity index is 2.38. The number of aliphatic hydroxyl groups is 1. The maximum Gasteiger partial charge on any atom is 0.159 e. The number of rotatable bonds is 2. The number of ketones is 1. The van der Waals surface area contributed by atoms with Gasteiger partial charge >= 0.3 is 0 Å². The van der Waals surface area contributed by atoms with Crippen molar-refractivity contribution in [2.24, 2.45) is 17.8 Å². The van der Waals surface area contributed by atoms with Crippen LogP contribution in [-0.2, 0) is 4.79 Å². The summed E-state index contributed by atoms with van der Waals surface area (Å²) in [6.07, 6.45) is 5.09. The van der Waals surface area contributed by atoms with E-state index in [0.29, 0.717) is 24.0 Å². The highest BCUT2D eigenvalue weighted by Gasteiger charge is 2.34. The molecule has 0 aromatic rings. The van der Waals surface area contributed by atoms with Crippen LogP contribution in [0, 0.1) is 17.8 Å². The molecule has 0 aromatic heterocycles. The zero-order chi connectivity index (χ0) is 12.6. The first-order chi connectivity index (χ1) is 8.04. The van der Waals surface area contributed by atoms with E-state index in [1.807, 2.05) is 6.92 Å². The largest absolute Gasteiger partial charge is 0.396 e. The highest BCUT2D eigenvalue weighted by molar-refractivity contribution is 5.99. The molecule has 0 spiro atoms. The van der Waals surface area contributed by atoms with Crippen molar-refractivity contribution in [1.82, 2.24) is 0 Å². The van der Waals surface area contributed by atoms with Crippen molar-refractivity contribution in [3.05, 3.63) is 22.8 Å². The van der Waals surface area contributed by atoms with E-state index in [1.165, 1.54) is 11.1 Å². The minimum Gasteiger partial charge on any atom is -0.396 e. The number of fused-ring (bicyclic) bond motifs is 1. The monoisotopic (exact) mass is 234 g/mol. The number of hydrogen-bond acceptors (Lipinski definition) is 2. The lowest BCUT2D eigenvalue weighted by atomic mass is 9.87. The van der Waals surface area contributed by atoms with Gasteiger partial charge in [0.2, 0.25) is 0 Å². The van der Waals surface area contributed by atoms with Gasteiger partial charge in [0.1, 0.15) is 0 Å². The smallest absolute Gasteiger partial charge is 0.159 e. The number of allylic oxidation sites excluding steroid dienone is 3. The van der Waals surface area contributed by atoms with Gasteiger partial charge in [0.25, 0.3) is 0 Å². The molecule has 3 atom stereocenters. The first-order valence-electron chi connectivity index (χ1n) is 6.59. The topological polar surface area (TPSA) is 37.3 Å². The summed E-state index contributed by atoms with van der Waals surface area (Å²) in [5.41, 5.74) is 3.51. The van der Waals surface area contributed by atoms with E-state index < -0.39 is 0 Å². The third-order valence-corrected chi connectivity index (χ3v) is 4.48. The van der Waals surface area contributed by atoms with Crippen LogP contribution in [0.25, 0.3) is 0 Å². The maximum atomic E-state index is 11.8. The van der Waals surface area contributed by atoms with Gasteiger partial charge in [0, 0.05) is 18.9 Å². The van der Waals surface area contributed by atoms with Crippen LogP contribution in [0.5, 0.6) is 0 Å². The predicted octanol–water partition coefficient (Wildman–Crippen LogP) is 2.88. The lowest BCUT2D eigenvalue weighted by Crippen LogP contribution is -2.10. The molecule has 0 amide bonds. The third-order valence-electron chi connectivity index (χ3n) is 4.48. The molecule has 2 aliphatic carbocycles. The molecule has 0 aromatic carbocycles.